The summed E-state index contributed by atoms with van der Waals surface area (Å²) in [6.07, 6.45) is 5.00. The fourth-order valence-corrected chi connectivity index (χ4v) is 1.74. The molecule has 1 aliphatic heterocycles. The van der Waals surface area contributed by atoms with Crippen molar-refractivity contribution < 1.29 is 9.53 Å². The zero-order valence-corrected chi connectivity index (χ0v) is 8.93. The van der Waals surface area contributed by atoms with Crippen LogP contribution >= 0.6 is 0 Å². The lowest BCUT2D eigenvalue weighted by Gasteiger charge is -2.13. The Morgan fingerprint density at radius 3 is 3.19 bits per heavy atom. The van der Waals surface area contributed by atoms with Gasteiger partial charge in [-0.25, -0.2) is 4.98 Å². The van der Waals surface area contributed by atoms with Gasteiger partial charge in [0.25, 0.3) is 0 Å². The van der Waals surface area contributed by atoms with Gasteiger partial charge in [0, 0.05) is 24.7 Å². The first-order valence-electron chi connectivity index (χ1n) is 5.26. The minimum atomic E-state index is -0.0964. The molecule has 1 fully saturated rings. The normalized spacial score (nSPS) is 24.0. The Labute approximate surface area is 94.3 Å². The second-order valence-electron chi connectivity index (χ2n) is 3.73. The molecular weight excluding hydrogens is 204 g/mol. The van der Waals surface area contributed by atoms with Gasteiger partial charge in [0.1, 0.15) is 12.4 Å². The smallest absolute Gasteiger partial charge is 0.220 e. The van der Waals surface area contributed by atoms with E-state index in [0.29, 0.717) is 18.8 Å². The zero-order chi connectivity index (χ0) is 11.4. The van der Waals surface area contributed by atoms with Crippen LogP contribution in [0.2, 0.25) is 0 Å². The van der Waals surface area contributed by atoms with Crippen molar-refractivity contribution in [1.82, 2.24) is 10.3 Å². The molecule has 0 aliphatic carbocycles. The molecule has 84 valence electrons. The number of aldehydes is 1. The minimum absolute atomic E-state index is 0.00352. The topological polar surface area (TPSA) is 51.2 Å². The first kappa shape index (κ1) is 10.8. The van der Waals surface area contributed by atoms with Crippen LogP contribution in [-0.2, 0) is 4.79 Å². The lowest BCUT2D eigenvalue weighted by atomic mass is 10.2. The van der Waals surface area contributed by atoms with Gasteiger partial charge >= 0.3 is 0 Å². The number of nitrogens with zero attached hydrogens (tertiary/aromatic N) is 1. The van der Waals surface area contributed by atoms with Gasteiger partial charge in [-0.15, -0.1) is 0 Å². The highest BCUT2D eigenvalue weighted by Crippen LogP contribution is 2.19. The van der Waals surface area contributed by atoms with E-state index in [1.807, 2.05) is 12.1 Å². The molecule has 2 rings (SSSR count). The number of carbonyl (C=O) groups excluding carboxylic acids is 1. The summed E-state index contributed by atoms with van der Waals surface area (Å²) in [5.41, 5.74) is 0.872. The Kier molecular flexibility index (Phi) is 3.31. The molecule has 0 spiro atoms. The maximum Gasteiger partial charge on any atom is 0.220 e. The van der Waals surface area contributed by atoms with E-state index in [0.717, 1.165) is 11.8 Å². The molecule has 2 atom stereocenters. The van der Waals surface area contributed by atoms with Crippen LogP contribution in [0.15, 0.2) is 24.9 Å². The third-order valence-electron chi connectivity index (χ3n) is 2.59. The number of nitrogens with one attached hydrogen (secondary N) is 1. The lowest BCUT2D eigenvalue weighted by molar-refractivity contribution is -0.109. The molecule has 4 nitrogen and oxygen atoms in total. The Morgan fingerprint density at radius 2 is 2.50 bits per heavy atom. The minimum Gasteiger partial charge on any atom is -0.472 e. The summed E-state index contributed by atoms with van der Waals surface area (Å²) in [7, 11) is 0. The van der Waals surface area contributed by atoms with Crippen LogP contribution in [-0.4, -0.2) is 30.0 Å². The van der Waals surface area contributed by atoms with E-state index in [1.165, 1.54) is 0 Å². The zero-order valence-electron chi connectivity index (χ0n) is 8.93. The number of carbonyl (C=O) groups is 1. The highest BCUT2D eigenvalue weighted by Gasteiger charge is 2.25. The van der Waals surface area contributed by atoms with E-state index in [9.17, 15) is 4.79 Å². The van der Waals surface area contributed by atoms with E-state index < -0.39 is 0 Å². The molecule has 0 saturated carbocycles. The average Bonchev–Trinajstić information content (AvgIpc) is 2.77. The molecule has 0 amide bonds. The van der Waals surface area contributed by atoms with E-state index in [2.05, 4.69) is 16.9 Å². The second kappa shape index (κ2) is 4.90. The molecule has 1 saturated heterocycles. The quantitative estimate of drug-likeness (QED) is 0.767. The average molecular weight is 218 g/mol. The number of pyridine rings is 1. The summed E-state index contributed by atoms with van der Waals surface area (Å²) in [4.78, 5) is 14.7. The first-order chi connectivity index (χ1) is 7.83. The van der Waals surface area contributed by atoms with Gasteiger partial charge in [-0.05, 0) is 12.1 Å². The number of aromatic nitrogens is 1. The third kappa shape index (κ3) is 2.28. The SMILES string of the molecule is C=Cc1cccnc1O[C@H]1CN[C@H](C=O)C1. The van der Waals surface area contributed by atoms with Gasteiger partial charge in [0.2, 0.25) is 5.88 Å². The third-order valence-corrected chi connectivity index (χ3v) is 2.59. The van der Waals surface area contributed by atoms with Crippen LogP contribution < -0.4 is 10.1 Å². The Hall–Kier alpha value is -1.68. The fraction of sp³-hybridized carbons (Fsp3) is 0.333. The van der Waals surface area contributed by atoms with Crippen molar-refractivity contribution in [3.63, 3.8) is 0 Å². The maximum atomic E-state index is 10.6. The molecule has 16 heavy (non-hydrogen) atoms. The van der Waals surface area contributed by atoms with Crippen molar-refractivity contribution in [3.8, 4) is 5.88 Å². The van der Waals surface area contributed by atoms with E-state index in [1.54, 1.807) is 12.3 Å². The Balaban J connectivity index is 2.04. The highest BCUT2D eigenvalue weighted by atomic mass is 16.5. The molecule has 0 radical (unpaired) electrons. The summed E-state index contributed by atoms with van der Waals surface area (Å²) >= 11 is 0. The number of ether oxygens (including phenoxy) is 1. The van der Waals surface area contributed by atoms with Gasteiger partial charge in [-0.3, -0.25) is 0 Å². The summed E-state index contributed by atoms with van der Waals surface area (Å²) in [6, 6.07) is 3.64. The van der Waals surface area contributed by atoms with Crippen molar-refractivity contribution in [2.45, 2.75) is 18.6 Å². The summed E-state index contributed by atoms with van der Waals surface area (Å²) in [6.45, 7) is 4.38. The molecule has 1 N–H and O–H groups in total. The predicted molar refractivity (Wildman–Crippen MR) is 61.2 cm³/mol. The highest BCUT2D eigenvalue weighted by molar-refractivity contribution is 5.58. The summed E-state index contributed by atoms with van der Waals surface area (Å²) < 4.78 is 5.73. The van der Waals surface area contributed by atoms with Crippen LogP contribution in [0.1, 0.15) is 12.0 Å². The second-order valence-corrected chi connectivity index (χ2v) is 3.73. The van der Waals surface area contributed by atoms with Crippen molar-refractivity contribution >= 4 is 12.4 Å². The van der Waals surface area contributed by atoms with E-state index in [4.69, 9.17) is 4.74 Å². The summed E-state index contributed by atoms with van der Waals surface area (Å²) in [5.74, 6) is 0.579. The van der Waals surface area contributed by atoms with Gasteiger partial charge in [-0.2, -0.15) is 0 Å². The van der Waals surface area contributed by atoms with E-state index >= 15 is 0 Å². The first-order valence-corrected chi connectivity index (χ1v) is 5.26. The van der Waals surface area contributed by atoms with Crippen molar-refractivity contribution in [2.24, 2.45) is 0 Å². The van der Waals surface area contributed by atoms with Crippen molar-refractivity contribution in [3.05, 3.63) is 30.5 Å². The van der Waals surface area contributed by atoms with Crippen LogP contribution in [0.25, 0.3) is 6.08 Å². The lowest BCUT2D eigenvalue weighted by Crippen LogP contribution is -2.23. The summed E-state index contributed by atoms with van der Waals surface area (Å²) in [5, 5.41) is 3.07. The van der Waals surface area contributed by atoms with Crippen LogP contribution in [0, 0.1) is 0 Å². The molecule has 0 unspecified atom stereocenters. The van der Waals surface area contributed by atoms with Crippen LogP contribution in [0.5, 0.6) is 5.88 Å². The van der Waals surface area contributed by atoms with Crippen LogP contribution in [0.3, 0.4) is 0 Å². The molecule has 1 aromatic rings. The number of rotatable bonds is 4. The van der Waals surface area contributed by atoms with Gasteiger partial charge < -0.3 is 14.8 Å². The molecular formula is C12H14N2O2. The molecule has 0 bridgehead atoms. The van der Waals surface area contributed by atoms with Gasteiger partial charge in [0.05, 0.1) is 6.04 Å². The molecule has 1 aromatic heterocycles. The van der Waals surface area contributed by atoms with E-state index in [-0.39, 0.29) is 12.1 Å². The number of hydrogen-bond acceptors (Lipinski definition) is 4. The van der Waals surface area contributed by atoms with Gasteiger partial charge in [0.15, 0.2) is 0 Å². The maximum absolute atomic E-state index is 10.6. The fourth-order valence-electron chi connectivity index (χ4n) is 1.74. The largest absolute Gasteiger partial charge is 0.472 e. The van der Waals surface area contributed by atoms with Crippen molar-refractivity contribution in [1.29, 1.82) is 0 Å². The Morgan fingerprint density at radius 1 is 1.62 bits per heavy atom. The molecule has 0 aromatic carbocycles. The molecule has 2 heterocycles. The van der Waals surface area contributed by atoms with Crippen molar-refractivity contribution in [2.75, 3.05) is 6.54 Å². The van der Waals surface area contributed by atoms with Crippen LogP contribution in [0.4, 0.5) is 0 Å². The monoisotopic (exact) mass is 218 g/mol. The standard InChI is InChI=1S/C12H14N2O2/c1-2-9-4-3-5-13-12(9)16-11-6-10(8-15)14-7-11/h2-5,8,10-11,14H,1,6-7H2/t10-,11+/m0/s1. The Bertz CT molecular complexity index is 392. The molecule has 1 aliphatic rings. The number of hydrogen-bond donors (Lipinski definition) is 1. The van der Waals surface area contributed by atoms with Gasteiger partial charge in [-0.1, -0.05) is 12.7 Å². The predicted octanol–water partition coefficient (Wildman–Crippen LogP) is 1.03. The molecule has 4 heteroatoms.